The first kappa shape index (κ1) is 20.0. The first-order valence-corrected chi connectivity index (χ1v) is 10.6. The van der Waals surface area contributed by atoms with E-state index in [9.17, 15) is 9.18 Å². The van der Waals surface area contributed by atoms with Crippen molar-refractivity contribution in [2.75, 3.05) is 39.3 Å². The van der Waals surface area contributed by atoms with Gasteiger partial charge in [-0.15, -0.1) is 0 Å². The number of piperazine rings is 1. The third-order valence-electron chi connectivity index (χ3n) is 6.09. The molecule has 1 aromatic carbocycles. The molecule has 0 aromatic heterocycles. The molecule has 2 fully saturated rings. The van der Waals surface area contributed by atoms with Crippen LogP contribution >= 0.6 is 0 Å². The molecule has 0 radical (unpaired) electrons. The third-order valence-corrected chi connectivity index (χ3v) is 6.09. The van der Waals surface area contributed by atoms with Gasteiger partial charge in [-0.25, -0.2) is 9.38 Å². The van der Waals surface area contributed by atoms with Gasteiger partial charge >= 0.3 is 0 Å². The summed E-state index contributed by atoms with van der Waals surface area (Å²) in [7, 11) is 0. The molecule has 7 heteroatoms. The Bertz CT molecular complexity index is 781. The summed E-state index contributed by atoms with van der Waals surface area (Å²) in [5.41, 5.74) is 6.68. The maximum absolute atomic E-state index is 13.8. The highest BCUT2D eigenvalue weighted by Crippen LogP contribution is 2.21. The summed E-state index contributed by atoms with van der Waals surface area (Å²) < 4.78 is 13.8. The number of carbonyl (C=O) groups excluding carboxylic acids is 1. The van der Waals surface area contributed by atoms with Crippen LogP contribution in [0.25, 0.3) is 0 Å². The summed E-state index contributed by atoms with van der Waals surface area (Å²) in [5, 5.41) is 0. The molecule has 1 amide bonds. The van der Waals surface area contributed by atoms with Gasteiger partial charge in [-0.3, -0.25) is 9.69 Å². The van der Waals surface area contributed by atoms with E-state index in [-0.39, 0.29) is 24.2 Å². The zero-order valence-corrected chi connectivity index (χ0v) is 16.8. The van der Waals surface area contributed by atoms with Crippen LogP contribution < -0.4 is 5.73 Å². The van der Waals surface area contributed by atoms with Crippen molar-refractivity contribution in [2.24, 2.45) is 10.7 Å². The van der Waals surface area contributed by atoms with Crippen molar-refractivity contribution < 1.29 is 9.18 Å². The van der Waals surface area contributed by atoms with E-state index in [1.807, 2.05) is 11.1 Å². The normalized spacial score (nSPS) is 21.7. The lowest BCUT2D eigenvalue weighted by atomic mass is 10.0. The summed E-state index contributed by atoms with van der Waals surface area (Å²) in [6.07, 6.45) is 7.01. The van der Waals surface area contributed by atoms with Crippen molar-refractivity contribution in [3.8, 4) is 0 Å². The van der Waals surface area contributed by atoms with E-state index in [0.29, 0.717) is 18.0 Å². The Labute approximate surface area is 171 Å². The van der Waals surface area contributed by atoms with Gasteiger partial charge in [0.15, 0.2) is 0 Å². The molecular formula is C22H30FN5O. The van der Waals surface area contributed by atoms with Gasteiger partial charge in [-0.2, -0.15) is 0 Å². The Hall–Kier alpha value is -2.25. The number of carbonyl (C=O) groups is 1. The molecule has 29 heavy (non-hydrogen) atoms. The number of hydrogen-bond donors (Lipinski definition) is 1. The van der Waals surface area contributed by atoms with Crippen LogP contribution in [0.4, 0.5) is 4.39 Å². The van der Waals surface area contributed by atoms with E-state index in [1.54, 1.807) is 18.2 Å². The number of allylic oxidation sites excluding steroid dienone is 1. The predicted molar refractivity (Wildman–Crippen MR) is 112 cm³/mol. The van der Waals surface area contributed by atoms with Crippen LogP contribution in [0.15, 0.2) is 41.2 Å². The van der Waals surface area contributed by atoms with E-state index in [2.05, 4.69) is 20.9 Å². The largest absolute Gasteiger partial charge is 0.354 e. The zero-order valence-electron chi connectivity index (χ0n) is 16.8. The van der Waals surface area contributed by atoms with Crippen LogP contribution in [-0.4, -0.2) is 78.2 Å². The monoisotopic (exact) mass is 399 g/mol. The number of nitrogens with two attached hydrogens (primary N) is 1. The fraction of sp³-hybridized carbons (Fsp3) is 0.545. The number of halogens is 1. The first-order chi connectivity index (χ1) is 14.1. The van der Waals surface area contributed by atoms with Crippen molar-refractivity contribution in [2.45, 2.75) is 37.8 Å². The summed E-state index contributed by atoms with van der Waals surface area (Å²) in [5.74, 6) is 0.934. The molecule has 4 rings (SSSR count). The molecule has 0 saturated carbocycles. The molecule has 156 valence electrons. The van der Waals surface area contributed by atoms with Gasteiger partial charge in [0.05, 0.1) is 0 Å². The van der Waals surface area contributed by atoms with Gasteiger partial charge in [-0.1, -0.05) is 18.2 Å². The van der Waals surface area contributed by atoms with Gasteiger partial charge in [0, 0.05) is 64.0 Å². The zero-order chi connectivity index (χ0) is 20.2. The molecule has 1 aromatic rings. The molecule has 2 N–H and O–H groups in total. The van der Waals surface area contributed by atoms with Crippen LogP contribution in [0.2, 0.25) is 0 Å². The SMILES string of the molecule is N[C@@H](CC(=O)N1CC(N2CCN(C3=CCCC=N3)CC2)C1)Cc1ccccc1F. The number of aliphatic imine (C=N–C) groups is 1. The number of amides is 1. The summed E-state index contributed by atoms with van der Waals surface area (Å²) in [4.78, 5) is 23.7. The van der Waals surface area contributed by atoms with Crippen molar-refractivity contribution in [3.63, 3.8) is 0 Å². The maximum Gasteiger partial charge on any atom is 0.224 e. The number of benzene rings is 1. The van der Waals surface area contributed by atoms with Crippen LogP contribution in [0.5, 0.6) is 0 Å². The Balaban J connectivity index is 1.18. The standard InChI is InChI=1S/C22H30FN5O/c23-20-6-2-1-5-17(20)13-18(24)14-22(29)28-15-19(16-28)26-9-11-27(12-10-26)21-7-3-4-8-25-21/h1-2,5-8,18-19H,3-4,9-16,24H2/t18-/m1/s1. The second kappa shape index (κ2) is 9.05. The lowest BCUT2D eigenvalue weighted by Gasteiger charge is -2.48. The van der Waals surface area contributed by atoms with Crippen LogP contribution in [0.3, 0.4) is 0 Å². The fourth-order valence-corrected chi connectivity index (χ4v) is 4.29. The quantitative estimate of drug-likeness (QED) is 0.790. The Morgan fingerprint density at radius 3 is 2.62 bits per heavy atom. The molecule has 0 spiro atoms. The third kappa shape index (κ3) is 4.85. The molecule has 1 atom stereocenters. The number of hydrogen-bond acceptors (Lipinski definition) is 5. The minimum atomic E-state index is -0.355. The fourth-order valence-electron chi connectivity index (χ4n) is 4.29. The predicted octanol–water partition coefficient (Wildman–Crippen LogP) is 1.62. The highest BCUT2D eigenvalue weighted by atomic mass is 19.1. The van der Waals surface area contributed by atoms with Gasteiger partial charge < -0.3 is 15.5 Å². The van der Waals surface area contributed by atoms with Crippen molar-refractivity contribution >= 4 is 12.1 Å². The Morgan fingerprint density at radius 2 is 1.93 bits per heavy atom. The number of likely N-dealkylation sites (tertiary alicyclic amines) is 1. The van der Waals surface area contributed by atoms with Gasteiger partial charge in [0.2, 0.25) is 5.91 Å². The van der Waals surface area contributed by atoms with E-state index < -0.39 is 0 Å². The van der Waals surface area contributed by atoms with E-state index >= 15 is 0 Å². The molecule has 3 aliphatic heterocycles. The molecule has 6 nitrogen and oxygen atoms in total. The second-order valence-corrected chi connectivity index (χ2v) is 8.19. The van der Waals surface area contributed by atoms with E-state index in [0.717, 1.165) is 57.9 Å². The van der Waals surface area contributed by atoms with Crippen molar-refractivity contribution in [1.82, 2.24) is 14.7 Å². The minimum absolute atomic E-state index is 0.0745. The smallest absolute Gasteiger partial charge is 0.224 e. The molecule has 2 saturated heterocycles. The highest BCUT2D eigenvalue weighted by Gasteiger charge is 2.36. The van der Waals surface area contributed by atoms with Gasteiger partial charge in [0.25, 0.3) is 0 Å². The van der Waals surface area contributed by atoms with Gasteiger partial charge in [-0.05, 0) is 37.0 Å². The lowest BCUT2D eigenvalue weighted by Crippen LogP contribution is -2.64. The van der Waals surface area contributed by atoms with Crippen molar-refractivity contribution in [1.29, 1.82) is 0 Å². The summed E-state index contributed by atoms with van der Waals surface area (Å²) in [6, 6.07) is 6.70. The average molecular weight is 400 g/mol. The van der Waals surface area contributed by atoms with E-state index in [1.165, 1.54) is 6.07 Å². The molecular weight excluding hydrogens is 369 g/mol. The molecule has 0 bridgehead atoms. The Kier molecular flexibility index (Phi) is 6.25. The second-order valence-electron chi connectivity index (χ2n) is 8.19. The molecule has 3 aliphatic rings. The minimum Gasteiger partial charge on any atom is -0.354 e. The molecule has 0 unspecified atom stereocenters. The summed E-state index contributed by atoms with van der Waals surface area (Å²) >= 11 is 0. The maximum atomic E-state index is 13.8. The highest BCUT2D eigenvalue weighted by molar-refractivity contribution is 5.77. The topological polar surface area (TPSA) is 65.2 Å². The van der Waals surface area contributed by atoms with E-state index in [4.69, 9.17) is 5.73 Å². The lowest BCUT2D eigenvalue weighted by molar-refractivity contribution is -0.139. The Morgan fingerprint density at radius 1 is 1.17 bits per heavy atom. The first-order valence-electron chi connectivity index (χ1n) is 10.6. The van der Waals surface area contributed by atoms with Crippen LogP contribution in [0, 0.1) is 5.82 Å². The molecule has 0 aliphatic carbocycles. The van der Waals surface area contributed by atoms with Crippen molar-refractivity contribution in [3.05, 3.63) is 47.5 Å². The van der Waals surface area contributed by atoms with Crippen LogP contribution in [-0.2, 0) is 11.2 Å². The van der Waals surface area contributed by atoms with Gasteiger partial charge in [0.1, 0.15) is 11.6 Å². The molecule has 3 heterocycles. The summed E-state index contributed by atoms with van der Waals surface area (Å²) in [6.45, 7) is 5.53. The van der Waals surface area contributed by atoms with Crippen LogP contribution in [0.1, 0.15) is 24.8 Å². The number of rotatable bonds is 6. The number of nitrogens with zero attached hydrogens (tertiary/aromatic N) is 4. The average Bonchev–Trinajstić information content (AvgIpc) is 2.70.